The summed E-state index contributed by atoms with van der Waals surface area (Å²) in [5.74, 6) is -1.50. The summed E-state index contributed by atoms with van der Waals surface area (Å²) in [6.45, 7) is 15.0. The lowest BCUT2D eigenvalue weighted by molar-refractivity contribution is -0.340. The Morgan fingerprint density at radius 1 is 0.583 bits per heavy atom. The van der Waals surface area contributed by atoms with Crippen molar-refractivity contribution in [3.63, 3.8) is 0 Å². The Hall–Kier alpha value is -3.43. The van der Waals surface area contributed by atoms with E-state index in [1.54, 1.807) is 24.3 Å². The molecule has 0 amide bonds. The first-order valence-electron chi connectivity index (χ1n) is 11.5. The summed E-state index contributed by atoms with van der Waals surface area (Å²) in [4.78, 5) is 55.1. The summed E-state index contributed by atoms with van der Waals surface area (Å²) >= 11 is 0. The van der Waals surface area contributed by atoms with Crippen molar-refractivity contribution in [1.82, 2.24) is 0 Å². The van der Waals surface area contributed by atoms with Crippen molar-refractivity contribution in [2.45, 2.75) is 78.8 Å². The van der Waals surface area contributed by atoms with Crippen LogP contribution in [0.15, 0.2) is 48.5 Å². The molecule has 0 spiro atoms. The van der Waals surface area contributed by atoms with E-state index in [2.05, 4.69) is 41.5 Å². The number of carbonyl (C=O) groups is 3. The Kier molecular flexibility index (Phi) is 9.61. The van der Waals surface area contributed by atoms with Gasteiger partial charge < -0.3 is 9.47 Å². The number of carbonyl (C=O) groups excluding carboxylic acids is 3. The van der Waals surface area contributed by atoms with Crippen LogP contribution in [0.2, 0.25) is 0 Å². The molecule has 9 nitrogen and oxygen atoms in total. The lowest BCUT2D eigenvalue weighted by Gasteiger charge is -2.19. The van der Waals surface area contributed by atoms with Crippen LogP contribution in [0.4, 0.5) is 4.79 Å². The first kappa shape index (κ1) is 28.8. The quantitative estimate of drug-likeness (QED) is 0.186. The predicted molar refractivity (Wildman–Crippen MR) is 130 cm³/mol. The number of rotatable bonds is 8. The maximum absolute atomic E-state index is 12.1. The summed E-state index contributed by atoms with van der Waals surface area (Å²) < 4.78 is 9.65. The van der Waals surface area contributed by atoms with Crippen LogP contribution in [-0.4, -0.2) is 30.7 Å². The Bertz CT molecular complexity index is 945. The molecule has 2 aromatic carbocycles. The second-order valence-electron chi connectivity index (χ2n) is 10.2. The molecule has 0 heterocycles. The van der Waals surface area contributed by atoms with E-state index in [1.165, 1.54) is 13.8 Å². The van der Waals surface area contributed by atoms with Gasteiger partial charge in [0.25, 0.3) is 0 Å². The number of benzene rings is 2. The van der Waals surface area contributed by atoms with Gasteiger partial charge in [-0.3, -0.25) is 9.78 Å². The van der Waals surface area contributed by atoms with Gasteiger partial charge in [0.05, 0.1) is 11.1 Å². The van der Waals surface area contributed by atoms with Crippen molar-refractivity contribution in [3.05, 3.63) is 70.8 Å². The molecule has 2 rings (SSSR count). The van der Waals surface area contributed by atoms with Crippen LogP contribution in [0, 0.1) is 0 Å². The van der Waals surface area contributed by atoms with Gasteiger partial charge in [0.1, 0.15) is 0 Å². The molecule has 2 unspecified atom stereocenters. The maximum Gasteiger partial charge on any atom is 0.513 e. The highest BCUT2D eigenvalue weighted by Gasteiger charge is 2.21. The highest BCUT2D eigenvalue weighted by molar-refractivity contribution is 5.89. The minimum atomic E-state index is -1.27. The van der Waals surface area contributed by atoms with Crippen LogP contribution in [0.1, 0.15) is 87.2 Å². The van der Waals surface area contributed by atoms with Gasteiger partial charge >= 0.3 is 18.1 Å². The Morgan fingerprint density at radius 2 is 0.889 bits per heavy atom. The molecule has 0 saturated heterocycles. The van der Waals surface area contributed by atoms with E-state index in [4.69, 9.17) is 29.0 Å². The third-order valence-electron chi connectivity index (χ3n) is 5.02. The average molecular weight is 503 g/mol. The topological polar surface area (TPSA) is 107 Å². The molecule has 2 aromatic rings. The minimum Gasteiger partial charge on any atom is -0.401 e. The highest BCUT2D eigenvalue weighted by atomic mass is 17.2. The molecule has 0 N–H and O–H groups in total. The molecule has 0 aromatic heterocycles. The van der Waals surface area contributed by atoms with Crippen LogP contribution in [0.5, 0.6) is 0 Å². The fraction of sp³-hybridized carbons (Fsp3) is 0.444. The molecule has 0 aliphatic rings. The third kappa shape index (κ3) is 8.98. The smallest absolute Gasteiger partial charge is 0.401 e. The molecule has 2 atom stereocenters. The van der Waals surface area contributed by atoms with E-state index in [9.17, 15) is 14.4 Å². The van der Waals surface area contributed by atoms with Crippen LogP contribution >= 0.6 is 0 Å². The molecular formula is C27H34O9. The van der Waals surface area contributed by atoms with Gasteiger partial charge in [0.2, 0.25) is 12.6 Å². The van der Waals surface area contributed by atoms with Crippen molar-refractivity contribution in [3.8, 4) is 0 Å². The van der Waals surface area contributed by atoms with Crippen molar-refractivity contribution in [2.75, 3.05) is 0 Å². The zero-order chi connectivity index (χ0) is 27.1. The van der Waals surface area contributed by atoms with E-state index in [-0.39, 0.29) is 22.0 Å². The first-order valence-corrected chi connectivity index (χ1v) is 11.5. The first-order chi connectivity index (χ1) is 16.7. The minimum absolute atomic E-state index is 0.0570. The number of hydrogen-bond acceptors (Lipinski definition) is 9. The van der Waals surface area contributed by atoms with E-state index < -0.39 is 30.7 Å². The van der Waals surface area contributed by atoms with Gasteiger partial charge in [-0.15, -0.1) is 9.78 Å². The summed E-state index contributed by atoms with van der Waals surface area (Å²) in [5, 5.41) is 0. The molecule has 36 heavy (non-hydrogen) atoms. The fourth-order valence-electron chi connectivity index (χ4n) is 2.87. The van der Waals surface area contributed by atoms with Crippen molar-refractivity contribution >= 4 is 18.1 Å². The SMILES string of the molecule is CC(OOC(=O)c1ccc(C(C)(C)C)cc1)OC(=O)OC(C)OOC(=O)c1ccc(C(C)(C)C)cc1. The van der Waals surface area contributed by atoms with Crippen molar-refractivity contribution < 1.29 is 43.4 Å². The molecule has 0 aliphatic heterocycles. The molecule has 0 bridgehead atoms. The largest absolute Gasteiger partial charge is 0.513 e. The molecule has 0 saturated carbocycles. The standard InChI is InChI=1S/C27H34O9/c1-17(33-35-23(28)19-9-13-21(14-10-19)26(3,4)5)31-25(30)32-18(2)34-36-24(29)20-11-15-22(16-12-20)27(6,7)8/h9-18H,1-8H3. The van der Waals surface area contributed by atoms with Gasteiger partial charge in [-0.2, -0.15) is 0 Å². The van der Waals surface area contributed by atoms with E-state index >= 15 is 0 Å². The predicted octanol–water partition coefficient (Wildman–Crippen LogP) is 6.00. The normalized spacial score (nSPS) is 13.3. The number of hydrogen-bond donors (Lipinski definition) is 0. The van der Waals surface area contributed by atoms with E-state index in [0.717, 1.165) is 11.1 Å². The third-order valence-corrected chi connectivity index (χ3v) is 5.02. The van der Waals surface area contributed by atoms with Gasteiger partial charge in [0.15, 0.2) is 0 Å². The van der Waals surface area contributed by atoms with E-state index in [1.807, 2.05) is 24.3 Å². The zero-order valence-electron chi connectivity index (χ0n) is 21.9. The van der Waals surface area contributed by atoms with Gasteiger partial charge in [-0.05, 0) is 46.2 Å². The molecule has 0 radical (unpaired) electrons. The Labute approximate surface area is 211 Å². The second kappa shape index (κ2) is 12.0. The molecule has 9 heteroatoms. The number of ether oxygens (including phenoxy) is 2. The average Bonchev–Trinajstić information content (AvgIpc) is 2.80. The summed E-state index contributed by atoms with van der Waals surface area (Å²) in [7, 11) is 0. The van der Waals surface area contributed by atoms with Crippen LogP contribution in [0.3, 0.4) is 0 Å². The Balaban J connectivity index is 1.73. The lowest BCUT2D eigenvalue weighted by atomic mass is 9.87. The molecular weight excluding hydrogens is 468 g/mol. The Morgan fingerprint density at radius 3 is 1.17 bits per heavy atom. The molecule has 0 fully saturated rings. The van der Waals surface area contributed by atoms with Crippen LogP contribution < -0.4 is 0 Å². The summed E-state index contributed by atoms with van der Waals surface area (Å²) in [6.07, 6.45) is -3.73. The van der Waals surface area contributed by atoms with Crippen molar-refractivity contribution in [1.29, 1.82) is 0 Å². The lowest BCUT2D eigenvalue weighted by Crippen LogP contribution is -2.25. The molecule has 0 aliphatic carbocycles. The van der Waals surface area contributed by atoms with Crippen LogP contribution in [-0.2, 0) is 39.9 Å². The maximum atomic E-state index is 12.1. The second-order valence-corrected chi connectivity index (χ2v) is 10.2. The summed E-state index contributed by atoms with van der Waals surface area (Å²) in [5.41, 5.74) is 2.54. The monoisotopic (exact) mass is 502 g/mol. The zero-order valence-corrected chi connectivity index (χ0v) is 21.9. The van der Waals surface area contributed by atoms with Gasteiger partial charge in [-0.25, -0.2) is 14.4 Å². The summed E-state index contributed by atoms with van der Waals surface area (Å²) in [6, 6.07) is 13.8. The van der Waals surface area contributed by atoms with Gasteiger partial charge in [0, 0.05) is 13.8 Å². The highest BCUT2D eigenvalue weighted by Crippen LogP contribution is 2.23. The molecule has 196 valence electrons. The fourth-order valence-corrected chi connectivity index (χ4v) is 2.87. The van der Waals surface area contributed by atoms with Crippen molar-refractivity contribution in [2.24, 2.45) is 0 Å². The van der Waals surface area contributed by atoms with Crippen LogP contribution in [0.25, 0.3) is 0 Å². The van der Waals surface area contributed by atoms with E-state index in [0.29, 0.717) is 0 Å². The van der Waals surface area contributed by atoms with Gasteiger partial charge in [-0.1, -0.05) is 65.8 Å².